The molecule has 1 aromatic carbocycles. The molecule has 2 N–H and O–H groups in total. The Labute approximate surface area is 111 Å². The Balaban J connectivity index is 2.94. The van der Waals surface area contributed by atoms with Gasteiger partial charge in [0.1, 0.15) is 22.9 Å². The summed E-state index contributed by atoms with van der Waals surface area (Å²) in [6.45, 7) is 0.339. The van der Waals surface area contributed by atoms with Crippen LogP contribution in [0.15, 0.2) is 24.3 Å². The van der Waals surface area contributed by atoms with Crippen LogP contribution in [0.1, 0.15) is 0 Å². The first kappa shape index (κ1) is 14.7. The predicted octanol–water partition coefficient (Wildman–Crippen LogP) is 1.77. The number of ether oxygens (including phenoxy) is 3. The van der Waals surface area contributed by atoms with Crippen molar-refractivity contribution in [1.82, 2.24) is 0 Å². The molecule has 6 heteroatoms. The molecule has 0 radical (unpaired) electrons. The van der Waals surface area contributed by atoms with Crippen LogP contribution in [-0.2, 0) is 4.79 Å². The van der Waals surface area contributed by atoms with Gasteiger partial charge in [0.2, 0.25) is 0 Å². The van der Waals surface area contributed by atoms with E-state index in [2.05, 4.69) is 5.32 Å². The molecular weight excluding hydrogens is 250 g/mol. The molecule has 0 fully saturated rings. The molecule has 0 atom stereocenters. The standard InChI is InChI=1S/C13H17NO5/c1-17-9-7-10(18-2)13(11(8-9)19-3)14-6-4-5-12(15)16/h4-5,7-8,14H,6H2,1-3H3,(H,15,16)/b5-4+. The van der Waals surface area contributed by atoms with Crippen LogP contribution in [0.2, 0.25) is 0 Å². The molecule has 1 aromatic rings. The summed E-state index contributed by atoms with van der Waals surface area (Å²) >= 11 is 0. The van der Waals surface area contributed by atoms with E-state index in [4.69, 9.17) is 19.3 Å². The molecule has 0 unspecified atom stereocenters. The van der Waals surface area contributed by atoms with Crippen molar-refractivity contribution in [2.45, 2.75) is 0 Å². The van der Waals surface area contributed by atoms with E-state index in [0.717, 1.165) is 6.08 Å². The van der Waals surface area contributed by atoms with E-state index in [1.807, 2.05) is 0 Å². The average molecular weight is 267 g/mol. The molecule has 19 heavy (non-hydrogen) atoms. The zero-order chi connectivity index (χ0) is 14.3. The zero-order valence-electron chi connectivity index (χ0n) is 11.1. The van der Waals surface area contributed by atoms with Crippen LogP contribution in [-0.4, -0.2) is 38.9 Å². The average Bonchev–Trinajstić information content (AvgIpc) is 2.42. The molecule has 0 spiro atoms. The smallest absolute Gasteiger partial charge is 0.328 e. The first-order valence-corrected chi connectivity index (χ1v) is 5.55. The lowest BCUT2D eigenvalue weighted by molar-refractivity contribution is -0.131. The number of carboxylic acid groups (broad SMARTS) is 1. The topological polar surface area (TPSA) is 77.0 Å². The van der Waals surface area contributed by atoms with Gasteiger partial charge in [-0.3, -0.25) is 0 Å². The molecule has 0 aliphatic carbocycles. The number of hydrogen-bond acceptors (Lipinski definition) is 5. The van der Waals surface area contributed by atoms with Crippen LogP contribution in [0.5, 0.6) is 17.2 Å². The lowest BCUT2D eigenvalue weighted by atomic mass is 10.2. The van der Waals surface area contributed by atoms with E-state index < -0.39 is 5.97 Å². The van der Waals surface area contributed by atoms with Crippen molar-refractivity contribution in [3.8, 4) is 17.2 Å². The highest BCUT2D eigenvalue weighted by Crippen LogP contribution is 2.38. The highest BCUT2D eigenvalue weighted by atomic mass is 16.5. The monoisotopic (exact) mass is 267 g/mol. The van der Waals surface area contributed by atoms with E-state index in [-0.39, 0.29) is 0 Å². The van der Waals surface area contributed by atoms with Crippen molar-refractivity contribution in [2.24, 2.45) is 0 Å². The first-order valence-electron chi connectivity index (χ1n) is 5.55. The number of aliphatic carboxylic acids is 1. The summed E-state index contributed by atoms with van der Waals surface area (Å²) in [4.78, 5) is 10.4. The van der Waals surface area contributed by atoms with Crippen LogP contribution in [0.4, 0.5) is 5.69 Å². The second-order valence-corrected chi connectivity index (χ2v) is 3.53. The van der Waals surface area contributed by atoms with Gasteiger partial charge < -0.3 is 24.6 Å². The number of anilines is 1. The minimum Gasteiger partial charge on any atom is -0.496 e. The van der Waals surface area contributed by atoms with Crippen molar-refractivity contribution in [3.05, 3.63) is 24.3 Å². The third kappa shape index (κ3) is 4.09. The maximum Gasteiger partial charge on any atom is 0.328 e. The summed E-state index contributed by atoms with van der Waals surface area (Å²) in [5, 5.41) is 11.5. The second kappa shape index (κ2) is 7.15. The van der Waals surface area contributed by atoms with Gasteiger partial charge in [0.25, 0.3) is 0 Å². The number of benzene rings is 1. The Hall–Kier alpha value is -2.37. The number of carboxylic acids is 1. The summed E-state index contributed by atoms with van der Waals surface area (Å²) in [6, 6.07) is 3.43. The normalized spacial score (nSPS) is 10.3. The SMILES string of the molecule is COc1cc(OC)c(NC/C=C/C(=O)O)c(OC)c1. The second-order valence-electron chi connectivity index (χ2n) is 3.53. The lowest BCUT2D eigenvalue weighted by Crippen LogP contribution is -2.04. The molecule has 0 bridgehead atoms. The number of hydrogen-bond donors (Lipinski definition) is 2. The Morgan fingerprint density at radius 2 is 1.79 bits per heavy atom. The van der Waals surface area contributed by atoms with Crippen molar-refractivity contribution in [2.75, 3.05) is 33.2 Å². The zero-order valence-corrected chi connectivity index (χ0v) is 11.1. The van der Waals surface area contributed by atoms with E-state index in [9.17, 15) is 4.79 Å². The maximum absolute atomic E-state index is 10.4. The third-order valence-electron chi connectivity index (χ3n) is 2.37. The van der Waals surface area contributed by atoms with Gasteiger partial charge in [0.05, 0.1) is 21.3 Å². The predicted molar refractivity (Wildman–Crippen MR) is 71.4 cm³/mol. The van der Waals surface area contributed by atoms with Gasteiger partial charge in [-0.1, -0.05) is 6.08 Å². The molecule has 104 valence electrons. The fourth-order valence-electron chi connectivity index (χ4n) is 1.50. The summed E-state index contributed by atoms with van der Waals surface area (Å²) in [5.41, 5.74) is 0.640. The molecule has 1 rings (SSSR count). The molecular formula is C13H17NO5. The number of carbonyl (C=O) groups is 1. The van der Waals surface area contributed by atoms with E-state index >= 15 is 0 Å². The Morgan fingerprint density at radius 1 is 1.21 bits per heavy atom. The first-order chi connectivity index (χ1) is 9.12. The number of nitrogens with one attached hydrogen (secondary N) is 1. The van der Waals surface area contributed by atoms with E-state index in [1.165, 1.54) is 20.3 Å². The van der Waals surface area contributed by atoms with E-state index in [1.54, 1.807) is 19.2 Å². The van der Waals surface area contributed by atoms with Gasteiger partial charge in [-0.25, -0.2) is 4.79 Å². The lowest BCUT2D eigenvalue weighted by Gasteiger charge is -2.15. The molecule has 0 aliphatic rings. The van der Waals surface area contributed by atoms with Crippen molar-refractivity contribution in [3.63, 3.8) is 0 Å². The van der Waals surface area contributed by atoms with Crippen molar-refractivity contribution < 1.29 is 24.1 Å². The van der Waals surface area contributed by atoms with Gasteiger partial charge in [-0.05, 0) is 0 Å². The fraction of sp³-hybridized carbons (Fsp3) is 0.308. The van der Waals surface area contributed by atoms with Crippen molar-refractivity contribution in [1.29, 1.82) is 0 Å². The minimum atomic E-state index is -0.990. The van der Waals surface area contributed by atoms with Crippen LogP contribution in [0, 0.1) is 0 Å². The summed E-state index contributed by atoms with van der Waals surface area (Å²) in [6.07, 6.45) is 2.56. The third-order valence-corrected chi connectivity index (χ3v) is 2.37. The molecule has 0 saturated heterocycles. The molecule has 0 aromatic heterocycles. The molecule has 0 saturated carbocycles. The molecule has 0 aliphatic heterocycles. The summed E-state index contributed by atoms with van der Waals surface area (Å²) < 4.78 is 15.6. The Morgan fingerprint density at radius 3 is 2.21 bits per heavy atom. The molecule has 6 nitrogen and oxygen atoms in total. The maximum atomic E-state index is 10.4. The summed E-state index contributed by atoms with van der Waals surface area (Å²) in [7, 11) is 4.62. The van der Waals surface area contributed by atoms with Gasteiger partial charge in [0.15, 0.2) is 0 Å². The number of rotatable bonds is 7. The van der Waals surface area contributed by atoms with E-state index in [0.29, 0.717) is 29.5 Å². The largest absolute Gasteiger partial charge is 0.496 e. The van der Waals surface area contributed by atoms with Crippen LogP contribution < -0.4 is 19.5 Å². The fourth-order valence-corrected chi connectivity index (χ4v) is 1.50. The van der Waals surface area contributed by atoms with Gasteiger partial charge in [-0.2, -0.15) is 0 Å². The summed E-state index contributed by atoms with van der Waals surface area (Å²) in [5.74, 6) is 0.732. The number of methoxy groups -OCH3 is 3. The van der Waals surface area contributed by atoms with Crippen LogP contribution >= 0.6 is 0 Å². The Kier molecular flexibility index (Phi) is 5.53. The highest BCUT2D eigenvalue weighted by Gasteiger charge is 2.12. The molecule has 0 amide bonds. The Bertz CT molecular complexity index is 445. The highest BCUT2D eigenvalue weighted by molar-refractivity contribution is 5.79. The van der Waals surface area contributed by atoms with Gasteiger partial charge in [-0.15, -0.1) is 0 Å². The van der Waals surface area contributed by atoms with Gasteiger partial charge in [0, 0.05) is 24.8 Å². The van der Waals surface area contributed by atoms with Crippen LogP contribution in [0.3, 0.4) is 0 Å². The molecule has 0 heterocycles. The quantitative estimate of drug-likeness (QED) is 0.733. The van der Waals surface area contributed by atoms with Gasteiger partial charge >= 0.3 is 5.97 Å². The van der Waals surface area contributed by atoms with Crippen LogP contribution in [0.25, 0.3) is 0 Å². The van der Waals surface area contributed by atoms with Crippen molar-refractivity contribution >= 4 is 11.7 Å². The minimum absolute atomic E-state index is 0.339.